The molecule has 0 aliphatic carbocycles. The first kappa shape index (κ1) is 15.3. The molecule has 2 N–H and O–H groups in total. The number of carbonyl (C=O) groups excluding carboxylic acids is 2. The van der Waals surface area contributed by atoms with Gasteiger partial charge in [0.05, 0.1) is 11.7 Å². The Morgan fingerprint density at radius 2 is 2.26 bits per heavy atom. The van der Waals surface area contributed by atoms with Gasteiger partial charge in [-0.3, -0.25) is 4.79 Å². The van der Waals surface area contributed by atoms with Gasteiger partial charge in [0.15, 0.2) is 0 Å². The Bertz CT molecular complexity index is 739. The van der Waals surface area contributed by atoms with Crippen molar-refractivity contribution in [1.29, 1.82) is 0 Å². The third kappa shape index (κ3) is 3.44. The van der Waals surface area contributed by atoms with Crippen molar-refractivity contribution in [3.63, 3.8) is 0 Å². The van der Waals surface area contributed by atoms with Crippen LogP contribution in [0.3, 0.4) is 0 Å². The number of imidazole rings is 1. The van der Waals surface area contributed by atoms with Gasteiger partial charge in [0.25, 0.3) is 0 Å². The maximum Gasteiger partial charge on any atom is 0.315 e. The van der Waals surface area contributed by atoms with E-state index in [1.54, 1.807) is 11.9 Å². The molecule has 1 aliphatic rings. The zero-order chi connectivity index (χ0) is 16.4. The van der Waals surface area contributed by atoms with Gasteiger partial charge in [0.2, 0.25) is 5.91 Å². The zero-order valence-electron chi connectivity index (χ0n) is 13.4. The minimum atomic E-state index is -0.238. The highest BCUT2D eigenvalue weighted by Gasteiger charge is 2.27. The largest absolute Gasteiger partial charge is 0.344 e. The molecule has 1 atom stereocenters. The molecule has 1 aliphatic heterocycles. The molecule has 0 saturated carbocycles. The minimum Gasteiger partial charge on any atom is -0.344 e. The molecule has 3 rings (SSSR count). The predicted octanol–water partition coefficient (Wildman–Crippen LogP) is 0.715. The van der Waals surface area contributed by atoms with Crippen molar-refractivity contribution >= 4 is 17.6 Å². The fraction of sp³-hybridized carbons (Fsp3) is 0.438. The summed E-state index contributed by atoms with van der Waals surface area (Å²) in [6, 6.07) is 5.63. The Balaban J connectivity index is 1.48. The second-order valence-electron chi connectivity index (χ2n) is 5.95. The van der Waals surface area contributed by atoms with Crippen LogP contribution in [0.1, 0.15) is 17.8 Å². The van der Waals surface area contributed by atoms with E-state index in [0.29, 0.717) is 25.9 Å². The van der Waals surface area contributed by atoms with Gasteiger partial charge < -0.3 is 19.9 Å². The molecular formula is C16H21N5O2. The van der Waals surface area contributed by atoms with E-state index in [4.69, 9.17) is 0 Å². The monoisotopic (exact) mass is 315 g/mol. The van der Waals surface area contributed by atoms with E-state index in [-0.39, 0.29) is 18.0 Å². The number of amides is 3. The highest BCUT2D eigenvalue weighted by molar-refractivity contribution is 5.81. The summed E-state index contributed by atoms with van der Waals surface area (Å²) in [6.45, 7) is 3.10. The number of fused-ring (bicyclic) bond motifs is 1. The Kier molecular flexibility index (Phi) is 4.18. The Hall–Kier alpha value is -2.57. The van der Waals surface area contributed by atoms with Crippen LogP contribution >= 0.6 is 0 Å². The first-order valence-electron chi connectivity index (χ1n) is 7.75. The Morgan fingerprint density at radius 3 is 2.96 bits per heavy atom. The Labute approximate surface area is 134 Å². The number of nitrogens with zero attached hydrogens (tertiary/aromatic N) is 3. The number of likely N-dealkylation sites (tertiary alicyclic amines) is 1. The average Bonchev–Trinajstić information content (AvgIpc) is 3.04. The van der Waals surface area contributed by atoms with Crippen molar-refractivity contribution in [1.82, 2.24) is 24.9 Å². The standard InChI is InChI=1S/C16H21N5O2/c1-11-4-3-5-14-18-12(10-21(11)14)6-7-17-16(23)19-13-8-15(22)20(2)9-13/h3-5,10,13H,6-9H2,1-2H3,(H2,17,19,23)/t13-/m0/s1. The summed E-state index contributed by atoms with van der Waals surface area (Å²) >= 11 is 0. The van der Waals surface area contributed by atoms with E-state index in [1.807, 2.05) is 35.7 Å². The SMILES string of the molecule is Cc1cccc2nc(CCNC(=O)N[C@H]3CC(=O)N(C)C3)cn12. The van der Waals surface area contributed by atoms with Crippen LogP contribution in [-0.4, -0.2) is 52.4 Å². The molecule has 0 spiro atoms. The highest BCUT2D eigenvalue weighted by atomic mass is 16.2. The van der Waals surface area contributed by atoms with E-state index < -0.39 is 0 Å². The first-order valence-corrected chi connectivity index (χ1v) is 7.75. The number of hydrogen-bond donors (Lipinski definition) is 2. The van der Waals surface area contributed by atoms with Crippen molar-refractivity contribution in [3.05, 3.63) is 35.8 Å². The third-order valence-corrected chi connectivity index (χ3v) is 4.09. The smallest absolute Gasteiger partial charge is 0.315 e. The summed E-state index contributed by atoms with van der Waals surface area (Å²) in [6.07, 6.45) is 3.03. The molecule has 122 valence electrons. The van der Waals surface area contributed by atoms with Crippen molar-refractivity contribution in [3.8, 4) is 0 Å². The number of carbonyl (C=O) groups is 2. The zero-order valence-corrected chi connectivity index (χ0v) is 13.4. The van der Waals surface area contributed by atoms with Crippen molar-refractivity contribution in [2.24, 2.45) is 0 Å². The fourth-order valence-corrected chi connectivity index (χ4v) is 2.82. The van der Waals surface area contributed by atoms with Gasteiger partial charge in [-0.2, -0.15) is 0 Å². The number of urea groups is 1. The molecule has 2 aromatic heterocycles. The molecule has 23 heavy (non-hydrogen) atoms. The molecule has 7 heteroatoms. The maximum atomic E-state index is 11.9. The Morgan fingerprint density at radius 1 is 1.43 bits per heavy atom. The molecule has 7 nitrogen and oxygen atoms in total. The predicted molar refractivity (Wildman–Crippen MR) is 86.2 cm³/mol. The van der Waals surface area contributed by atoms with Crippen LogP contribution in [0.5, 0.6) is 0 Å². The number of nitrogens with one attached hydrogen (secondary N) is 2. The normalized spacial score (nSPS) is 17.7. The van der Waals surface area contributed by atoms with Crippen LogP contribution in [0.25, 0.3) is 5.65 Å². The van der Waals surface area contributed by atoms with Crippen molar-refractivity contribution < 1.29 is 9.59 Å². The summed E-state index contributed by atoms with van der Waals surface area (Å²) in [7, 11) is 1.74. The van der Waals surface area contributed by atoms with Gasteiger partial charge in [-0.05, 0) is 19.1 Å². The highest BCUT2D eigenvalue weighted by Crippen LogP contribution is 2.09. The molecule has 0 bridgehead atoms. The van der Waals surface area contributed by atoms with E-state index in [2.05, 4.69) is 15.6 Å². The van der Waals surface area contributed by atoms with Crippen molar-refractivity contribution in [2.75, 3.05) is 20.1 Å². The molecule has 0 aromatic carbocycles. The lowest BCUT2D eigenvalue weighted by atomic mass is 10.2. The lowest BCUT2D eigenvalue weighted by Gasteiger charge is -2.12. The molecule has 2 aromatic rings. The maximum absolute atomic E-state index is 11.9. The van der Waals surface area contributed by atoms with Crippen LogP contribution in [0, 0.1) is 6.92 Å². The minimum absolute atomic E-state index is 0.0652. The molecule has 3 heterocycles. The molecular weight excluding hydrogens is 294 g/mol. The summed E-state index contributed by atoms with van der Waals surface area (Å²) in [5.41, 5.74) is 2.98. The molecule has 0 unspecified atom stereocenters. The van der Waals surface area contributed by atoms with Gasteiger partial charge in [0.1, 0.15) is 5.65 Å². The van der Waals surface area contributed by atoms with E-state index in [0.717, 1.165) is 17.0 Å². The first-order chi connectivity index (χ1) is 11.0. The van der Waals surface area contributed by atoms with Gasteiger partial charge in [-0.15, -0.1) is 0 Å². The number of likely N-dealkylation sites (N-methyl/N-ethyl adjacent to an activating group) is 1. The number of rotatable bonds is 4. The molecule has 1 saturated heterocycles. The molecule has 3 amide bonds. The lowest BCUT2D eigenvalue weighted by molar-refractivity contribution is -0.126. The molecule has 1 fully saturated rings. The van der Waals surface area contributed by atoms with Gasteiger partial charge in [0, 0.05) is 44.9 Å². The quantitative estimate of drug-likeness (QED) is 0.872. The number of pyridine rings is 1. The van der Waals surface area contributed by atoms with E-state index >= 15 is 0 Å². The van der Waals surface area contributed by atoms with Crippen LogP contribution in [0.15, 0.2) is 24.4 Å². The van der Waals surface area contributed by atoms with E-state index in [1.165, 1.54) is 0 Å². The summed E-state index contributed by atoms with van der Waals surface area (Å²) < 4.78 is 2.04. The number of hydrogen-bond acceptors (Lipinski definition) is 3. The van der Waals surface area contributed by atoms with Crippen LogP contribution in [0.4, 0.5) is 4.79 Å². The topological polar surface area (TPSA) is 78.7 Å². The van der Waals surface area contributed by atoms with Crippen LogP contribution in [-0.2, 0) is 11.2 Å². The van der Waals surface area contributed by atoms with Gasteiger partial charge in [-0.1, -0.05) is 6.07 Å². The average molecular weight is 315 g/mol. The van der Waals surface area contributed by atoms with Crippen molar-refractivity contribution in [2.45, 2.75) is 25.8 Å². The molecule has 0 radical (unpaired) electrons. The lowest BCUT2D eigenvalue weighted by Crippen LogP contribution is -2.43. The number of aromatic nitrogens is 2. The van der Waals surface area contributed by atoms with Crippen LogP contribution < -0.4 is 10.6 Å². The van der Waals surface area contributed by atoms with Crippen LogP contribution in [0.2, 0.25) is 0 Å². The summed E-state index contributed by atoms with van der Waals surface area (Å²) in [5, 5.41) is 5.64. The number of aryl methyl sites for hydroxylation is 1. The summed E-state index contributed by atoms with van der Waals surface area (Å²) in [5.74, 6) is 0.0652. The van der Waals surface area contributed by atoms with E-state index in [9.17, 15) is 9.59 Å². The fourth-order valence-electron chi connectivity index (χ4n) is 2.82. The van der Waals surface area contributed by atoms with Gasteiger partial charge >= 0.3 is 6.03 Å². The second kappa shape index (κ2) is 6.28. The summed E-state index contributed by atoms with van der Waals surface area (Å²) in [4.78, 5) is 29.4. The second-order valence-corrected chi connectivity index (χ2v) is 5.95. The third-order valence-electron chi connectivity index (χ3n) is 4.09. The van der Waals surface area contributed by atoms with Gasteiger partial charge in [-0.25, -0.2) is 9.78 Å².